The van der Waals surface area contributed by atoms with Crippen molar-refractivity contribution in [3.05, 3.63) is 109 Å². The number of aryl methyl sites for hydroxylation is 1. The fraction of sp³-hybridized carbons (Fsp3) is 0.172. The van der Waals surface area contributed by atoms with Crippen molar-refractivity contribution < 1.29 is 24.4 Å². The van der Waals surface area contributed by atoms with Crippen LogP contribution in [0.3, 0.4) is 0 Å². The molecule has 0 bridgehead atoms. The number of nitrogens with one attached hydrogen (secondary N) is 1. The zero-order chi connectivity index (χ0) is 29.7. The number of anilines is 2. The first-order valence-electron chi connectivity index (χ1n) is 12.8. The molecule has 13 heteroatoms. The van der Waals surface area contributed by atoms with Gasteiger partial charge in [-0.3, -0.25) is 33.9 Å². The minimum absolute atomic E-state index is 0.0144. The van der Waals surface area contributed by atoms with Crippen LogP contribution in [0.4, 0.5) is 17.1 Å². The van der Waals surface area contributed by atoms with E-state index in [2.05, 4.69) is 5.32 Å². The summed E-state index contributed by atoms with van der Waals surface area (Å²) in [5, 5.41) is 23.3. The molecule has 2 aliphatic rings. The summed E-state index contributed by atoms with van der Waals surface area (Å²) in [7, 11) is 0. The molecule has 0 radical (unpaired) electrons. The molecular weight excluding hydrogens is 580 g/mol. The van der Waals surface area contributed by atoms with Gasteiger partial charge in [0.15, 0.2) is 0 Å². The average Bonchev–Trinajstić information content (AvgIpc) is 3.41. The number of imide groups is 1. The minimum atomic E-state index is -0.917. The SMILES string of the molecule is Cc1ccc(NC(=O)Cn2c3c(sc2=O)C(c2ccc(O)cc2)C2C(=O)N(c4ccc([N+](=O)[O-])cc4)C(=O)C2S3)cc1. The van der Waals surface area contributed by atoms with Crippen LogP contribution in [0.2, 0.25) is 0 Å². The average molecular weight is 603 g/mol. The predicted octanol–water partition coefficient (Wildman–Crippen LogP) is 4.27. The van der Waals surface area contributed by atoms with Crippen molar-refractivity contribution in [2.75, 3.05) is 10.2 Å². The number of thiazole rings is 1. The Morgan fingerprint density at radius 2 is 1.64 bits per heavy atom. The topological polar surface area (TPSA) is 152 Å². The van der Waals surface area contributed by atoms with Crippen molar-refractivity contribution in [3.8, 4) is 5.75 Å². The monoisotopic (exact) mass is 602 g/mol. The number of nitrogens with zero attached hydrogens (tertiary/aromatic N) is 3. The highest BCUT2D eigenvalue weighted by atomic mass is 32.2. The first kappa shape index (κ1) is 27.4. The molecule has 1 saturated heterocycles. The Labute approximate surface area is 246 Å². The summed E-state index contributed by atoms with van der Waals surface area (Å²) in [6, 6.07) is 18.6. The zero-order valence-corrected chi connectivity index (χ0v) is 23.6. The van der Waals surface area contributed by atoms with E-state index >= 15 is 0 Å². The summed E-state index contributed by atoms with van der Waals surface area (Å²) in [6.45, 7) is 1.63. The summed E-state index contributed by atoms with van der Waals surface area (Å²) >= 11 is 1.98. The summed E-state index contributed by atoms with van der Waals surface area (Å²) in [6.07, 6.45) is 0. The summed E-state index contributed by atoms with van der Waals surface area (Å²) in [4.78, 5) is 65.6. The normalized spacial score (nSPS) is 19.4. The van der Waals surface area contributed by atoms with E-state index in [1.54, 1.807) is 24.3 Å². The van der Waals surface area contributed by atoms with Gasteiger partial charge in [-0.15, -0.1) is 0 Å². The number of phenols is 1. The minimum Gasteiger partial charge on any atom is -0.508 e. The van der Waals surface area contributed by atoms with E-state index in [1.807, 2.05) is 19.1 Å². The first-order valence-corrected chi connectivity index (χ1v) is 14.5. The molecule has 3 atom stereocenters. The van der Waals surface area contributed by atoms with Crippen molar-refractivity contribution >= 4 is 57.9 Å². The van der Waals surface area contributed by atoms with Crippen LogP contribution in [0.15, 0.2) is 82.6 Å². The fourth-order valence-electron chi connectivity index (χ4n) is 5.26. The lowest BCUT2D eigenvalue weighted by Crippen LogP contribution is -2.33. The number of carbonyl (C=O) groups excluding carboxylic acids is 3. The van der Waals surface area contributed by atoms with Crippen LogP contribution < -0.4 is 15.1 Å². The fourth-order valence-corrected chi connectivity index (χ4v) is 8.03. The van der Waals surface area contributed by atoms with Crippen LogP contribution in [0.5, 0.6) is 5.75 Å². The lowest BCUT2D eigenvalue weighted by molar-refractivity contribution is -0.384. The molecular formula is C29H22N4O7S2. The number of aromatic hydroxyl groups is 1. The van der Waals surface area contributed by atoms with Crippen molar-refractivity contribution in [2.45, 2.75) is 29.7 Å². The molecule has 3 amide bonds. The van der Waals surface area contributed by atoms with Gasteiger partial charge in [0.25, 0.3) is 5.69 Å². The van der Waals surface area contributed by atoms with Gasteiger partial charge in [0, 0.05) is 28.6 Å². The molecule has 3 heterocycles. The van der Waals surface area contributed by atoms with Gasteiger partial charge in [-0.25, -0.2) is 4.90 Å². The number of thioether (sulfide) groups is 1. The molecule has 0 spiro atoms. The van der Waals surface area contributed by atoms with Crippen LogP contribution in [0.25, 0.3) is 0 Å². The van der Waals surface area contributed by atoms with Crippen molar-refractivity contribution in [1.29, 1.82) is 0 Å². The number of benzene rings is 3. The Hall–Kier alpha value is -4.75. The Morgan fingerprint density at radius 1 is 0.976 bits per heavy atom. The number of hydrogen-bond donors (Lipinski definition) is 2. The van der Waals surface area contributed by atoms with Gasteiger partial charge in [0.1, 0.15) is 17.5 Å². The number of phenolic OH excluding ortho intramolecular Hbond substituents is 1. The summed E-state index contributed by atoms with van der Waals surface area (Å²) < 4.78 is 1.32. The van der Waals surface area contributed by atoms with E-state index in [9.17, 15) is 34.4 Å². The van der Waals surface area contributed by atoms with Gasteiger partial charge in [-0.1, -0.05) is 52.9 Å². The number of non-ortho nitro benzene ring substituents is 1. The zero-order valence-electron chi connectivity index (χ0n) is 21.9. The van der Waals surface area contributed by atoms with E-state index in [1.165, 1.54) is 41.0 Å². The largest absolute Gasteiger partial charge is 0.508 e. The van der Waals surface area contributed by atoms with Crippen molar-refractivity contribution in [1.82, 2.24) is 4.57 Å². The summed E-state index contributed by atoms with van der Waals surface area (Å²) in [5.41, 5.74) is 2.25. The molecule has 3 unspecified atom stereocenters. The molecule has 4 aromatic rings. The number of fused-ring (bicyclic) bond motifs is 2. The maximum absolute atomic E-state index is 13.9. The van der Waals surface area contributed by atoms with Crippen molar-refractivity contribution in [3.63, 3.8) is 0 Å². The van der Waals surface area contributed by atoms with Gasteiger partial charge in [0.05, 0.1) is 21.6 Å². The van der Waals surface area contributed by atoms with E-state index in [0.717, 1.165) is 33.6 Å². The predicted molar refractivity (Wildman–Crippen MR) is 157 cm³/mol. The van der Waals surface area contributed by atoms with Crippen molar-refractivity contribution in [2.24, 2.45) is 5.92 Å². The van der Waals surface area contributed by atoms with Gasteiger partial charge >= 0.3 is 4.87 Å². The van der Waals surface area contributed by atoms with Gasteiger partial charge in [-0.2, -0.15) is 0 Å². The quantitative estimate of drug-likeness (QED) is 0.189. The number of hydrogen-bond acceptors (Lipinski definition) is 9. The number of nitro benzene ring substituents is 1. The number of carbonyl (C=O) groups is 3. The number of amides is 3. The maximum atomic E-state index is 13.9. The van der Waals surface area contributed by atoms with Crippen LogP contribution >= 0.6 is 23.1 Å². The first-order chi connectivity index (χ1) is 20.1. The highest BCUT2D eigenvalue weighted by Crippen LogP contribution is 2.54. The second-order valence-corrected chi connectivity index (χ2v) is 12.1. The third kappa shape index (κ3) is 4.76. The highest BCUT2D eigenvalue weighted by Gasteiger charge is 2.56. The second-order valence-electron chi connectivity index (χ2n) is 9.96. The third-order valence-electron chi connectivity index (χ3n) is 7.26. The van der Waals surface area contributed by atoms with Crippen LogP contribution in [0, 0.1) is 23.0 Å². The lowest BCUT2D eigenvalue weighted by Gasteiger charge is -2.30. The number of rotatable bonds is 6. The molecule has 42 heavy (non-hydrogen) atoms. The second kappa shape index (κ2) is 10.6. The molecule has 6 rings (SSSR count). The third-order valence-corrected chi connectivity index (χ3v) is 9.86. The Bertz CT molecular complexity index is 1800. The molecule has 0 saturated carbocycles. The summed E-state index contributed by atoms with van der Waals surface area (Å²) in [5.74, 6) is -3.02. The smallest absolute Gasteiger partial charge is 0.308 e. The molecule has 2 N–H and O–H groups in total. The standard InChI is InChI=1S/C29H22N4O7S2/c1-15-2-6-17(7-3-15)30-21(35)14-31-28-25(42-29(31)38)22(16-4-12-20(34)13-5-16)23-24(41-28)27(37)32(26(23)36)18-8-10-19(11-9-18)33(39)40/h2-13,22-24,34H,14H2,1H3,(H,30,35). The molecule has 0 aliphatic carbocycles. The molecule has 1 fully saturated rings. The number of aromatic nitrogens is 1. The van der Waals surface area contributed by atoms with Gasteiger partial charge in [0.2, 0.25) is 17.7 Å². The Kier molecular flexibility index (Phi) is 6.91. The molecule has 11 nitrogen and oxygen atoms in total. The maximum Gasteiger partial charge on any atom is 0.308 e. The van der Waals surface area contributed by atoms with E-state index in [-0.39, 0.29) is 23.7 Å². The Balaban J connectivity index is 1.39. The molecule has 2 aliphatic heterocycles. The van der Waals surface area contributed by atoms with E-state index < -0.39 is 44.6 Å². The Morgan fingerprint density at radius 3 is 2.29 bits per heavy atom. The van der Waals surface area contributed by atoms with Crippen LogP contribution in [0.1, 0.15) is 21.9 Å². The van der Waals surface area contributed by atoms with E-state index in [0.29, 0.717) is 21.2 Å². The number of nitro groups is 1. The lowest BCUT2D eigenvalue weighted by atomic mass is 9.83. The molecule has 212 valence electrons. The molecule has 3 aromatic carbocycles. The molecule has 1 aromatic heterocycles. The van der Waals surface area contributed by atoms with Gasteiger partial charge < -0.3 is 10.4 Å². The van der Waals surface area contributed by atoms with Crippen LogP contribution in [-0.2, 0) is 20.9 Å². The van der Waals surface area contributed by atoms with Crippen LogP contribution in [-0.4, -0.2) is 37.6 Å². The van der Waals surface area contributed by atoms with Gasteiger partial charge in [-0.05, 0) is 48.9 Å². The van der Waals surface area contributed by atoms with E-state index in [4.69, 9.17) is 0 Å². The highest BCUT2D eigenvalue weighted by molar-refractivity contribution is 8.00.